The summed E-state index contributed by atoms with van der Waals surface area (Å²) in [6.45, 7) is 6.90. The van der Waals surface area contributed by atoms with Crippen molar-refractivity contribution in [2.75, 3.05) is 13.1 Å². The molecule has 3 atom stereocenters. The maximum Gasteiger partial charge on any atom is 0.336 e. The van der Waals surface area contributed by atoms with E-state index in [0.29, 0.717) is 30.8 Å². The number of likely N-dealkylation sites (tertiary alicyclic amines) is 1. The van der Waals surface area contributed by atoms with E-state index in [4.69, 9.17) is 9.15 Å². The molecule has 1 aromatic heterocycles. The largest absolute Gasteiger partial charge is 0.480 e. The van der Waals surface area contributed by atoms with E-state index < -0.39 is 11.7 Å². The number of carbonyl (C=O) groups is 1. The molecule has 4 rings (SSSR count). The fourth-order valence-electron chi connectivity index (χ4n) is 5.30. The van der Waals surface area contributed by atoms with E-state index in [1.54, 1.807) is 6.92 Å². The first-order valence-corrected chi connectivity index (χ1v) is 11.6. The summed E-state index contributed by atoms with van der Waals surface area (Å²) in [6.07, 6.45) is 5.58. The minimum atomic E-state index is -0.666. The monoisotopic (exact) mass is 427 g/mol. The van der Waals surface area contributed by atoms with Crippen LogP contribution in [0.1, 0.15) is 63.5 Å². The van der Waals surface area contributed by atoms with Crippen molar-refractivity contribution < 1.29 is 19.1 Å². The Labute approximate surface area is 183 Å². The second-order valence-electron chi connectivity index (χ2n) is 9.32. The molecular formula is C25H33NO5. The number of carbonyl (C=O) groups excluding carboxylic acids is 1. The third-order valence-electron chi connectivity index (χ3n) is 6.94. The lowest BCUT2D eigenvalue weighted by molar-refractivity contribution is -0.149. The molecule has 2 fully saturated rings. The zero-order chi connectivity index (χ0) is 22.2. The first-order chi connectivity index (χ1) is 14.8. The number of aliphatic hydroxyl groups is 1. The van der Waals surface area contributed by atoms with E-state index in [1.807, 2.05) is 24.0 Å². The number of aryl methyl sites for hydroxylation is 2. The van der Waals surface area contributed by atoms with Gasteiger partial charge in [0.05, 0.1) is 11.0 Å². The molecule has 1 aliphatic heterocycles. The summed E-state index contributed by atoms with van der Waals surface area (Å²) in [7, 11) is 0. The van der Waals surface area contributed by atoms with E-state index in [2.05, 4.69) is 6.92 Å². The van der Waals surface area contributed by atoms with Crippen LogP contribution in [0.5, 0.6) is 5.75 Å². The normalized spacial score (nSPS) is 24.6. The topological polar surface area (TPSA) is 80.0 Å². The summed E-state index contributed by atoms with van der Waals surface area (Å²) in [5, 5.41) is 11.7. The summed E-state index contributed by atoms with van der Waals surface area (Å²) in [5.41, 5.74) is 1.30. The predicted octanol–water partition coefficient (Wildman–Crippen LogP) is 3.97. The molecule has 1 aliphatic carbocycles. The lowest BCUT2D eigenvalue weighted by atomic mass is 9.71. The SMILES string of the molecule is CCCc1cc(=O)oc2cc(C)cc(O[C@@H](C)C(=O)N3CC[C@]4(O)CCCC[C@@H]4C3)c12. The number of rotatable bonds is 5. The summed E-state index contributed by atoms with van der Waals surface area (Å²) in [6, 6.07) is 5.26. The average molecular weight is 428 g/mol. The van der Waals surface area contributed by atoms with Crippen molar-refractivity contribution in [3.63, 3.8) is 0 Å². The second-order valence-corrected chi connectivity index (χ2v) is 9.32. The first-order valence-electron chi connectivity index (χ1n) is 11.6. The summed E-state index contributed by atoms with van der Waals surface area (Å²) in [5.74, 6) is 0.669. The highest BCUT2D eigenvalue weighted by atomic mass is 16.5. The lowest BCUT2D eigenvalue weighted by Gasteiger charge is -2.47. The number of amides is 1. The van der Waals surface area contributed by atoms with Crippen molar-refractivity contribution in [3.8, 4) is 5.75 Å². The first kappa shape index (κ1) is 21.9. The Hall–Kier alpha value is -2.34. The van der Waals surface area contributed by atoms with E-state index in [9.17, 15) is 14.7 Å². The number of benzene rings is 1. The predicted molar refractivity (Wildman–Crippen MR) is 119 cm³/mol. The average Bonchev–Trinajstić information content (AvgIpc) is 2.72. The third-order valence-corrected chi connectivity index (χ3v) is 6.94. The standard InChI is InChI=1S/C25H33NO5/c1-4-7-18-14-22(27)31-21-13-16(2)12-20(23(18)21)30-17(3)24(28)26-11-10-25(29)9-6-5-8-19(25)15-26/h12-14,17,19,29H,4-11,15H2,1-3H3/t17-,19+,25+/m0/s1. The Balaban J connectivity index is 1.57. The van der Waals surface area contributed by atoms with Gasteiger partial charge in [-0.3, -0.25) is 4.79 Å². The number of ether oxygens (including phenoxy) is 1. The Morgan fingerprint density at radius 2 is 2.13 bits per heavy atom. The van der Waals surface area contributed by atoms with Crippen LogP contribution in [0.25, 0.3) is 11.0 Å². The highest BCUT2D eigenvalue weighted by Crippen LogP contribution is 2.40. The van der Waals surface area contributed by atoms with Crippen molar-refractivity contribution in [3.05, 3.63) is 39.7 Å². The molecule has 31 heavy (non-hydrogen) atoms. The van der Waals surface area contributed by atoms with Gasteiger partial charge in [0.15, 0.2) is 6.10 Å². The van der Waals surface area contributed by atoms with Crippen LogP contribution in [-0.4, -0.2) is 40.7 Å². The van der Waals surface area contributed by atoms with Crippen molar-refractivity contribution in [2.45, 2.75) is 77.4 Å². The molecule has 6 heteroatoms. The van der Waals surface area contributed by atoms with Gasteiger partial charge in [-0.05, 0) is 62.8 Å². The molecule has 1 saturated heterocycles. The number of fused-ring (bicyclic) bond motifs is 2. The molecule has 168 valence electrons. The second kappa shape index (κ2) is 8.65. The van der Waals surface area contributed by atoms with Crippen LogP contribution in [0.3, 0.4) is 0 Å². The quantitative estimate of drug-likeness (QED) is 0.730. The highest BCUT2D eigenvalue weighted by molar-refractivity contribution is 5.88. The van der Waals surface area contributed by atoms with Crippen molar-refractivity contribution in [1.82, 2.24) is 4.90 Å². The van der Waals surface area contributed by atoms with Gasteiger partial charge in [-0.15, -0.1) is 0 Å². The van der Waals surface area contributed by atoms with E-state index >= 15 is 0 Å². The van der Waals surface area contributed by atoms with Gasteiger partial charge in [-0.1, -0.05) is 26.2 Å². The molecule has 1 N–H and O–H groups in total. The molecule has 1 aromatic carbocycles. The van der Waals surface area contributed by atoms with Crippen molar-refractivity contribution >= 4 is 16.9 Å². The fraction of sp³-hybridized carbons (Fsp3) is 0.600. The number of hydrogen-bond acceptors (Lipinski definition) is 5. The Bertz CT molecular complexity index is 1030. The maximum atomic E-state index is 13.2. The Morgan fingerprint density at radius 3 is 2.90 bits per heavy atom. The number of hydrogen-bond donors (Lipinski definition) is 1. The molecule has 2 heterocycles. The minimum Gasteiger partial charge on any atom is -0.480 e. The highest BCUT2D eigenvalue weighted by Gasteiger charge is 2.44. The Morgan fingerprint density at radius 1 is 1.32 bits per heavy atom. The van der Waals surface area contributed by atoms with Crippen LogP contribution in [0.15, 0.2) is 27.4 Å². The van der Waals surface area contributed by atoms with Crippen LogP contribution in [-0.2, 0) is 11.2 Å². The zero-order valence-corrected chi connectivity index (χ0v) is 18.8. The molecular weight excluding hydrogens is 394 g/mol. The van der Waals surface area contributed by atoms with E-state index in [1.165, 1.54) is 6.07 Å². The Kier molecular flexibility index (Phi) is 6.11. The van der Waals surface area contributed by atoms with Crippen LogP contribution in [0.4, 0.5) is 0 Å². The smallest absolute Gasteiger partial charge is 0.336 e. The molecule has 2 aliphatic rings. The summed E-state index contributed by atoms with van der Waals surface area (Å²) < 4.78 is 11.6. The van der Waals surface area contributed by atoms with Crippen molar-refractivity contribution in [2.24, 2.45) is 5.92 Å². The van der Waals surface area contributed by atoms with Crippen LogP contribution >= 0.6 is 0 Å². The summed E-state index contributed by atoms with van der Waals surface area (Å²) in [4.78, 5) is 27.1. The van der Waals surface area contributed by atoms with Gasteiger partial charge in [0, 0.05) is 25.1 Å². The molecule has 1 saturated carbocycles. The molecule has 0 bridgehead atoms. The molecule has 0 radical (unpaired) electrons. The van der Waals surface area contributed by atoms with Gasteiger partial charge < -0.3 is 19.2 Å². The molecule has 0 spiro atoms. The maximum absolute atomic E-state index is 13.2. The number of nitrogens with zero attached hydrogens (tertiary/aromatic N) is 1. The molecule has 2 aromatic rings. The minimum absolute atomic E-state index is 0.0586. The van der Waals surface area contributed by atoms with Gasteiger partial charge >= 0.3 is 5.63 Å². The van der Waals surface area contributed by atoms with Crippen LogP contribution in [0, 0.1) is 12.8 Å². The number of piperidine rings is 1. The lowest BCUT2D eigenvalue weighted by Crippen LogP contribution is -2.56. The summed E-state index contributed by atoms with van der Waals surface area (Å²) >= 11 is 0. The molecule has 1 amide bonds. The van der Waals surface area contributed by atoms with Gasteiger partial charge in [0.2, 0.25) is 0 Å². The fourth-order valence-corrected chi connectivity index (χ4v) is 5.30. The molecule has 0 unspecified atom stereocenters. The van der Waals surface area contributed by atoms with Crippen LogP contribution < -0.4 is 10.4 Å². The van der Waals surface area contributed by atoms with E-state index in [-0.39, 0.29) is 17.5 Å². The van der Waals surface area contributed by atoms with Gasteiger partial charge in [-0.2, -0.15) is 0 Å². The molecule has 6 nitrogen and oxygen atoms in total. The third kappa shape index (κ3) is 4.36. The van der Waals surface area contributed by atoms with Crippen LogP contribution in [0.2, 0.25) is 0 Å². The zero-order valence-electron chi connectivity index (χ0n) is 18.8. The van der Waals surface area contributed by atoms with Gasteiger partial charge in [0.25, 0.3) is 5.91 Å². The van der Waals surface area contributed by atoms with E-state index in [0.717, 1.165) is 55.0 Å². The van der Waals surface area contributed by atoms with Gasteiger partial charge in [-0.25, -0.2) is 4.79 Å². The van der Waals surface area contributed by atoms with Crippen molar-refractivity contribution in [1.29, 1.82) is 0 Å². The van der Waals surface area contributed by atoms with Gasteiger partial charge in [0.1, 0.15) is 11.3 Å².